The van der Waals surface area contributed by atoms with Gasteiger partial charge >= 0.3 is 0 Å². The Morgan fingerprint density at radius 3 is 3.00 bits per heavy atom. The van der Waals surface area contributed by atoms with Crippen molar-refractivity contribution in [2.24, 2.45) is 0 Å². The lowest BCUT2D eigenvalue weighted by Gasteiger charge is -1.93. The average Bonchev–Trinajstić information content (AvgIpc) is 2.44. The van der Waals surface area contributed by atoms with Gasteiger partial charge < -0.3 is 9.21 Å². The highest BCUT2D eigenvalue weighted by Crippen LogP contribution is 2.24. The van der Waals surface area contributed by atoms with Crippen LogP contribution >= 0.6 is 15.9 Å². The van der Waals surface area contributed by atoms with Crippen LogP contribution in [0.4, 0.5) is 0 Å². The molecule has 0 aliphatic rings. The minimum absolute atomic E-state index is 0.439. The number of halogens is 1. The van der Waals surface area contributed by atoms with Crippen molar-refractivity contribution in [3.05, 3.63) is 34.5 Å². The molecule has 0 aliphatic carbocycles. The number of furan rings is 1. The summed E-state index contributed by atoms with van der Waals surface area (Å²) in [6.45, 7) is 0. The van der Waals surface area contributed by atoms with Crippen molar-refractivity contribution >= 4 is 33.2 Å². The minimum atomic E-state index is 0.439. The molecule has 13 heavy (non-hydrogen) atoms. The number of aldehydes is 1. The van der Waals surface area contributed by atoms with Gasteiger partial charge in [0.2, 0.25) is 0 Å². The van der Waals surface area contributed by atoms with Gasteiger partial charge in [-0.3, -0.25) is 0 Å². The molecule has 0 unspecified atom stereocenters. The first-order chi connectivity index (χ1) is 6.29. The number of benzene rings is 1. The van der Waals surface area contributed by atoms with Crippen molar-refractivity contribution in [1.29, 1.82) is 0 Å². The number of hydrogen-bond acceptors (Lipinski definition) is 2. The van der Waals surface area contributed by atoms with Gasteiger partial charge in [-0.2, -0.15) is 0 Å². The highest BCUT2D eigenvalue weighted by Gasteiger charge is 2.01. The molecule has 0 saturated carbocycles. The molecular formula is C10H7BrO2. The Bertz CT molecular complexity index is 445. The smallest absolute Gasteiger partial charge is 0.170 e. The summed E-state index contributed by atoms with van der Waals surface area (Å²) in [6, 6.07) is 7.66. The van der Waals surface area contributed by atoms with Gasteiger partial charge in [0.1, 0.15) is 11.9 Å². The molecule has 66 valence electrons. The Balaban J connectivity index is 2.54. The SMILES string of the molecule is O=CCc1ccc2cc(Br)oc2c1. The average molecular weight is 239 g/mol. The van der Waals surface area contributed by atoms with E-state index in [0.29, 0.717) is 11.1 Å². The lowest BCUT2D eigenvalue weighted by Crippen LogP contribution is -1.83. The van der Waals surface area contributed by atoms with E-state index in [9.17, 15) is 4.79 Å². The van der Waals surface area contributed by atoms with Crippen LogP contribution in [0.3, 0.4) is 0 Å². The normalized spacial score (nSPS) is 10.5. The number of hydrogen-bond donors (Lipinski definition) is 0. The largest absolute Gasteiger partial charge is 0.449 e. The number of fused-ring (bicyclic) bond motifs is 1. The fourth-order valence-electron chi connectivity index (χ4n) is 1.27. The second kappa shape index (κ2) is 3.34. The van der Waals surface area contributed by atoms with Crippen LogP contribution in [-0.2, 0) is 11.2 Å². The molecule has 3 heteroatoms. The van der Waals surface area contributed by atoms with Crippen molar-refractivity contribution in [3.63, 3.8) is 0 Å². The molecule has 0 aliphatic heterocycles. The fourth-order valence-corrected chi connectivity index (χ4v) is 1.69. The van der Waals surface area contributed by atoms with Crippen LogP contribution in [0.15, 0.2) is 33.4 Å². The number of rotatable bonds is 2. The molecule has 0 fully saturated rings. The van der Waals surface area contributed by atoms with E-state index in [0.717, 1.165) is 22.8 Å². The molecule has 0 spiro atoms. The lowest BCUT2D eigenvalue weighted by molar-refractivity contribution is -0.107. The van der Waals surface area contributed by atoms with Crippen LogP contribution in [0.2, 0.25) is 0 Å². The maximum atomic E-state index is 10.3. The second-order valence-corrected chi connectivity index (χ2v) is 3.58. The summed E-state index contributed by atoms with van der Waals surface area (Å²) in [7, 11) is 0. The Morgan fingerprint density at radius 2 is 2.23 bits per heavy atom. The van der Waals surface area contributed by atoms with Gasteiger partial charge in [-0.15, -0.1) is 0 Å². The highest BCUT2D eigenvalue weighted by molar-refractivity contribution is 9.10. The minimum Gasteiger partial charge on any atom is -0.449 e. The van der Waals surface area contributed by atoms with Crippen LogP contribution in [0.5, 0.6) is 0 Å². The van der Waals surface area contributed by atoms with E-state index in [1.165, 1.54) is 0 Å². The Morgan fingerprint density at radius 1 is 1.38 bits per heavy atom. The predicted octanol–water partition coefficient (Wildman–Crippen LogP) is 2.94. The standard InChI is InChI=1S/C10H7BrO2/c11-10-6-8-2-1-7(3-4-12)5-9(8)13-10/h1-2,4-6H,3H2. The first-order valence-corrected chi connectivity index (χ1v) is 4.70. The van der Waals surface area contributed by atoms with E-state index < -0.39 is 0 Å². The summed E-state index contributed by atoms with van der Waals surface area (Å²) in [5, 5.41) is 1.04. The van der Waals surface area contributed by atoms with Gasteiger partial charge in [-0.25, -0.2) is 0 Å². The maximum absolute atomic E-state index is 10.3. The molecule has 0 atom stereocenters. The third kappa shape index (κ3) is 1.65. The molecule has 2 rings (SSSR count). The first-order valence-electron chi connectivity index (χ1n) is 3.91. The fraction of sp³-hybridized carbons (Fsp3) is 0.100. The first kappa shape index (κ1) is 8.51. The van der Waals surface area contributed by atoms with Crippen LogP contribution in [-0.4, -0.2) is 6.29 Å². The van der Waals surface area contributed by atoms with Crippen LogP contribution in [0.25, 0.3) is 11.0 Å². The van der Waals surface area contributed by atoms with Gasteiger partial charge in [0.25, 0.3) is 0 Å². The molecule has 0 radical (unpaired) electrons. The Kier molecular flexibility index (Phi) is 2.19. The molecular weight excluding hydrogens is 232 g/mol. The van der Waals surface area contributed by atoms with E-state index in [2.05, 4.69) is 15.9 Å². The van der Waals surface area contributed by atoms with Gasteiger partial charge in [0, 0.05) is 11.8 Å². The quantitative estimate of drug-likeness (QED) is 0.754. The van der Waals surface area contributed by atoms with Crippen LogP contribution < -0.4 is 0 Å². The summed E-state index contributed by atoms with van der Waals surface area (Å²) in [5.74, 6) is 0. The molecule has 1 heterocycles. The van der Waals surface area contributed by atoms with Gasteiger partial charge in [0.05, 0.1) is 0 Å². The number of carbonyl (C=O) groups excluding carboxylic acids is 1. The monoisotopic (exact) mass is 238 g/mol. The third-order valence-corrected chi connectivity index (χ3v) is 2.26. The van der Waals surface area contributed by atoms with E-state index in [4.69, 9.17) is 4.42 Å². The molecule has 2 aromatic rings. The zero-order valence-corrected chi connectivity index (χ0v) is 8.37. The summed E-state index contributed by atoms with van der Waals surface area (Å²) < 4.78 is 6.07. The van der Waals surface area contributed by atoms with Crippen molar-refractivity contribution in [3.8, 4) is 0 Å². The molecule has 0 amide bonds. The van der Waals surface area contributed by atoms with E-state index in [-0.39, 0.29) is 0 Å². The zero-order valence-electron chi connectivity index (χ0n) is 6.79. The second-order valence-electron chi connectivity index (χ2n) is 2.79. The molecule has 2 nitrogen and oxygen atoms in total. The van der Waals surface area contributed by atoms with Crippen molar-refractivity contribution in [2.75, 3.05) is 0 Å². The molecule has 1 aromatic carbocycles. The Hall–Kier alpha value is -1.09. The predicted molar refractivity (Wildman–Crippen MR) is 53.7 cm³/mol. The van der Waals surface area contributed by atoms with Crippen LogP contribution in [0.1, 0.15) is 5.56 Å². The third-order valence-electron chi connectivity index (χ3n) is 1.87. The zero-order chi connectivity index (χ0) is 9.26. The molecule has 0 saturated heterocycles. The summed E-state index contributed by atoms with van der Waals surface area (Å²) in [6.07, 6.45) is 1.33. The molecule has 0 bridgehead atoms. The highest BCUT2D eigenvalue weighted by atomic mass is 79.9. The number of carbonyl (C=O) groups is 1. The van der Waals surface area contributed by atoms with Gasteiger partial charge in [0.15, 0.2) is 4.67 Å². The lowest BCUT2D eigenvalue weighted by atomic mass is 10.1. The van der Waals surface area contributed by atoms with Crippen LogP contribution in [0, 0.1) is 0 Å². The van der Waals surface area contributed by atoms with E-state index >= 15 is 0 Å². The topological polar surface area (TPSA) is 30.2 Å². The summed E-state index contributed by atoms with van der Waals surface area (Å²) in [4.78, 5) is 10.3. The van der Waals surface area contributed by atoms with Gasteiger partial charge in [-0.1, -0.05) is 12.1 Å². The summed E-state index contributed by atoms with van der Waals surface area (Å²) >= 11 is 3.25. The molecule has 1 aromatic heterocycles. The maximum Gasteiger partial charge on any atom is 0.170 e. The van der Waals surface area contributed by atoms with Crippen molar-refractivity contribution in [1.82, 2.24) is 0 Å². The summed E-state index contributed by atoms with van der Waals surface area (Å²) in [5.41, 5.74) is 1.79. The van der Waals surface area contributed by atoms with Crippen molar-refractivity contribution in [2.45, 2.75) is 6.42 Å². The van der Waals surface area contributed by atoms with Crippen molar-refractivity contribution < 1.29 is 9.21 Å². The Labute approximate surface area is 83.7 Å². The van der Waals surface area contributed by atoms with Gasteiger partial charge in [-0.05, 0) is 33.6 Å². The van der Waals surface area contributed by atoms with E-state index in [1.807, 2.05) is 24.3 Å². The molecule has 0 N–H and O–H groups in total. The van der Waals surface area contributed by atoms with E-state index in [1.54, 1.807) is 0 Å².